The third-order valence-corrected chi connectivity index (χ3v) is 5.83. The van der Waals surface area contributed by atoms with Crippen molar-refractivity contribution in [3.63, 3.8) is 0 Å². The second-order valence-corrected chi connectivity index (χ2v) is 11.5. The average Bonchev–Trinajstić information content (AvgIpc) is 2.50. The van der Waals surface area contributed by atoms with Crippen LogP contribution in [0.3, 0.4) is 0 Å². The van der Waals surface area contributed by atoms with E-state index in [1.165, 1.54) is 14.2 Å². The molecule has 0 atom stereocenters. The van der Waals surface area contributed by atoms with Crippen LogP contribution in [0.1, 0.15) is 5.56 Å². The lowest BCUT2D eigenvalue weighted by Gasteiger charge is -2.28. The lowest BCUT2D eigenvalue weighted by atomic mass is 9.94. The molecule has 2 rings (SSSR count). The number of rotatable bonds is 5. The average molecular weight is 330 g/mol. The summed E-state index contributed by atoms with van der Waals surface area (Å²) in [6.45, 7) is 6.18. The van der Waals surface area contributed by atoms with Gasteiger partial charge < -0.3 is 9.47 Å². The molecule has 0 heterocycles. The Morgan fingerprint density at radius 2 is 1.39 bits per heavy atom. The minimum atomic E-state index is -2.04. The number of hydrogen-bond acceptors (Lipinski definition) is 4. The molecular weight excluding hydrogens is 308 g/mol. The number of benzene rings is 1. The monoisotopic (exact) mass is 330 g/mol. The summed E-state index contributed by atoms with van der Waals surface area (Å²) in [6, 6.07) is 9.68. The number of carbonyl (C=O) groups excluding carboxylic acids is 2. The Bertz CT molecular complexity index is 693. The number of hydrogen-bond donors (Lipinski definition) is 0. The van der Waals surface area contributed by atoms with Crippen LogP contribution in [0.15, 0.2) is 52.6 Å². The van der Waals surface area contributed by atoms with Crippen LogP contribution in [0.5, 0.6) is 0 Å². The van der Waals surface area contributed by atoms with Gasteiger partial charge in [0.25, 0.3) is 0 Å². The highest BCUT2D eigenvalue weighted by Crippen LogP contribution is 2.33. The maximum Gasteiger partial charge on any atom is 0.227 e. The lowest BCUT2D eigenvalue weighted by molar-refractivity contribution is -0.120. The number of ketones is 2. The molecule has 4 nitrogen and oxygen atoms in total. The van der Waals surface area contributed by atoms with Crippen LogP contribution in [0.2, 0.25) is 19.6 Å². The van der Waals surface area contributed by atoms with E-state index in [0.29, 0.717) is 17.2 Å². The zero-order valence-electron chi connectivity index (χ0n) is 14.2. The molecule has 0 aliphatic heterocycles. The SMILES string of the molecule is COC1=C(OC)C(=O)C([Si](C)(C)C)=C(Cc2ccccc2)C1=O. The number of ether oxygens (including phenoxy) is 2. The van der Waals surface area contributed by atoms with Crippen molar-refractivity contribution in [1.82, 2.24) is 0 Å². The van der Waals surface area contributed by atoms with E-state index in [1.807, 2.05) is 30.3 Å². The first-order chi connectivity index (χ1) is 10.8. The fourth-order valence-electron chi connectivity index (χ4n) is 2.84. The fraction of sp³-hybridized carbons (Fsp3) is 0.333. The van der Waals surface area contributed by atoms with Gasteiger partial charge in [0.2, 0.25) is 23.1 Å². The fourth-order valence-corrected chi connectivity index (χ4v) is 4.74. The normalized spacial score (nSPS) is 16.0. The van der Waals surface area contributed by atoms with Crippen LogP contribution in [-0.2, 0) is 25.5 Å². The van der Waals surface area contributed by atoms with E-state index in [-0.39, 0.29) is 23.1 Å². The van der Waals surface area contributed by atoms with Gasteiger partial charge in [-0.25, -0.2) is 0 Å². The van der Waals surface area contributed by atoms with Crippen LogP contribution in [0.25, 0.3) is 0 Å². The van der Waals surface area contributed by atoms with Gasteiger partial charge in [0.1, 0.15) is 0 Å². The summed E-state index contributed by atoms with van der Waals surface area (Å²) in [5, 5.41) is 0.629. The number of methoxy groups -OCH3 is 2. The van der Waals surface area contributed by atoms with Crippen LogP contribution in [-0.4, -0.2) is 33.9 Å². The molecule has 1 aliphatic carbocycles. The maximum atomic E-state index is 12.9. The number of Topliss-reactive ketones (excluding diaryl/α,β-unsaturated/α-hetero) is 2. The zero-order chi connectivity index (χ0) is 17.2. The maximum absolute atomic E-state index is 12.9. The standard InChI is InChI=1S/C18H22O4Si/c1-21-16-14(19)13(11-12-9-7-6-8-10-12)18(23(3,4)5)15(20)17(16)22-2/h6-10H,11H2,1-5H3. The first-order valence-corrected chi connectivity index (χ1v) is 11.0. The Hall–Kier alpha value is -2.14. The summed E-state index contributed by atoms with van der Waals surface area (Å²) in [4.78, 5) is 25.8. The first kappa shape index (κ1) is 17.2. The van der Waals surface area contributed by atoms with Crippen LogP contribution in [0, 0.1) is 0 Å². The zero-order valence-corrected chi connectivity index (χ0v) is 15.2. The van der Waals surface area contributed by atoms with E-state index in [0.717, 1.165) is 5.56 Å². The Balaban J connectivity index is 2.61. The van der Waals surface area contributed by atoms with E-state index in [1.54, 1.807) is 0 Å². The summed E-state index contributed by atoms with van der Waals surface area (Å²) in [7, 11) is 0.741. The minimum Gasteiger partial charge on any atom is -0.490 e. The summed E-state index contributed by atoms with van der Waals surface area (Å²) >= 11 is 0. The molecule has 0 spiro atoms. The lowest BCUT2D eigenvalue weighted by Crippen LogP contribution is -2.38. The predicted octanol–water partition coefficient (Wildman–Crippen LogP) is 3.06. The van der Waals surface area contributed by atoms with Crippen LogP contribution >= 0.6 is 0 Å². The molecule has 0 N–H and O–H groups in total. The van der Waals surface area contributed by atoms with E-state index in [9.17, 15) is 9.59 Å². The smallest absolute Gasteiger partial charge is 0.227 e. The highest BCUT2D eigenvalue weighted by atomic mass is 28.3. The van der Waals surface area contributed by atoms with Crippen molar-refractivity contribution in [3.05, 3.63) is 58.2 Å². The second kappa shape index (κ2) is 6.54. The van der Waals surface area contributed by atoms with Gasteiger partial charge >= 0.3 is 0 Å². The summed E-state index contributed by atoms with van der Waals surface area (Å²) in [5.41, 5.74) is 1.54. The van der Waals surface area contributed by atoms with Gasteiger partial charge in [-0.15, -0.1) is 0 Å². The molecule has 0 bridgehead atoms. The molecule has 0 aromatic heterocycles. The second-order valence-electron chi connectivity index (χ2n) is 6.49. The topological polar surface area (TPSA) is 52.6 Å². The van der Waals surface area contributed by atoms with Gasteiger partial charge in [0, 0.05) is 12.0 Å². The summed E-state index contributed by atoms with van der Waals surface area (Å²) < 4.78 is 10.3. The highest BCUT2D eigenvalue weighted by molar-refractivity contribution is 6.88. The van der Waals surface area contributed by atoms with Crippen molar-refractivity contribution in [3.8, 4) is 0 Å². The van der Waals surface area contributed by atoms with Crippen molar-refractivity contribution >= 4 is 19.6 Å². The summed E-state index contributed by atoms with van der Waals surface area (Å²) in [6.07, 6.45) is 0.425. The third-order valence-electron chi connectivity index (χ3n) is 3.80. The Kier molecular flexibility index (Phi) is 4.90. The molecule has 23 heavy (non-hydrogen) atoms. The van der Waals surface area contributed by atoms with Gasteiger partial charge in [0.05, 0.1) is 22.3 Å². The predicted molar refractivity (Wildman–Crippen MR) is 91.6 cm³/mol. The van der Waals surface area contributed by atoms with Crippen LogP contribution < -0.4 is 0 Å². The van der Waals surface area contributed by atoms with Gasteiger partial charge in [-0.1, -0.05) is 50.0 Å². The van der Waals surface area contributed by atoms with Gasteiger partial charge in [-0.05, 0) is 10.8 Å². The molecule has 122 valence electrons. The molecule has 5 heteroatoms. The third kappa shape index (κ3) is 3.29. The largest absolute Gasteiger partial charge is 0.490 e. The van der Waals surface area contributed by atoms with E-state index in [4.69, 9.17) is 9.47 Å². The molecule has 0 unspecified atom stereocenters. The molecule has 0 saturated carbocycles. The molecule has 1 aromatic rings. The van der Waals surface area contributed by atoms with Crippen molar-refractivity contribution < 1.29 is 19.1 Å². The van der Waals surface area contributed by atoms with Gasteiger partial charge in [-0.3, -0.25) is 9.59 Å². The first-order valence-electron chi connectivity index (χ1n) is 7.50. The van der Waals surface area contributed by atoms with Crippen molar-refractivity contribution in [1.29, 1.82) is 0 Å². The molecule has 0 fully saturated rings. The van der Waals surface area contributed by atoms with Gasteiger partial charge in [0.15, 0.2) is 0 Å². The molecule has 1 aliphatic rings. The molecular formula is C18H22O4Si. The number of carbonyl (C=O) groups is 2. The Labute approximate surface area is 137 Å². The highest BCUT2D eigenvalue weighted by Gasteiger charge is 2.41. The van der Waals surface area contributed by atoms with Gasteiger partial charge in [-0.2, -0.15) is 0 Å². The van der Waals surface area contributed by atoms with E-state index in [2.05, 4.69) is 19.6 Å². The molecule has 0 radical (unpaired) electrons. The molecule has 0 saturated heterocycles. The van der Waals surface area contributed by atoms with Crippen molar-refractivity contribution in [2.75, 3.05) is 14.2 Å². The number of allylic oxidation sites excluding steroid dienone is 2. The summed E-state index contributed by atoms with van der Waals surface area (Å²) in [5.74, 6) is -0.434. The van der Waals surface area contributed by atoms with E-state index >= 15 is 0 Å². The minimum absolute atomic E-state index is 0.00503. The molecule has 0 amide bonds. The Morgan fingerprint density at radius 1 is 0.870 bits per heavy atom. The van der Waals surface area contributed by atoms with Crippen molar-refractivity contribution in [2.24, 2.45) is 0 Å². The molecule has 1 aromatic carbocycles. The van der Waals surface area contributed by atoms with Crippen molar-refractivity contribution in [2.45, 2.75) is 26.1 Å². The quantitative estimate of drug-likeness (QED) is 0.615. The van der Waals surface area contributed by atoms with Crippen LogP contribution in [0.4, 0.5) is 0 Å². The van der Waals surface area contributed by atoms with E-state index < -0.39 is 8.07 Å². The Morgan fingerprint density at radius 3 is 1.87 bits per heavy atom.